The Hall–Kier alpha value is -3.69. The van der Waals surface area contributed by atoms with Crippen LogP contribution >= 0.6 is 0 Å². The van der Waals surface area contributed by atoms with Crippen LogP contribution in [0.1, 0.15) is 80.6 Å². The highest BCUT2D eigenvalue weighted by Crippen LogP contribution is 2.34. The molecule has 44 heavy (non-hydrogen) atoms. The number of nitrogens with one attached hydrogen (secondary N) is 2. The zero-order valence-corrected chi connectivity index (χ0v) is 25.7. The third-order valence-corrected chi connectivity index (χ3v) is 9.42. The van der Waals surface area contributed by atoms with Crippen molar-refractivity contribution in [2.24, 2.45) is 11.8 Å². The Morgan fingerprint density at radius 2 is 1.57 bits per heavy atom. The lowest BCUT2D eigenvalue weighted by Gasteiger charge is -2.32. The van der Waals surface area contributed by atoms with Crippen LogP contribution in [0.25, 0.3) is 10.8 Å². The molecule has 5 rings (SSSR count). The van der Waals surface area contributed by atoms with Gasteiger partial charge in [-0.3, -0.25) is 14.4 Å². The molecule has 2 aliphatic rings. The monoisotopic (exact) mass is 597 g/mol. The van der Waals surface area contributed by atoms with Gasteiger partial charge in [0.25, 0.3) is 5.91 Å². The van der Waals surface area contributed by atoms with Crippen molar-refractivity contribution in [3.05, 3.63) is 83.9 Å². The first-order chi connectivity index (χ1) is 21.2. The standard InChI is InChI=1S/C35H44BN3O5/c1-23(2)32(36(43)44)38-34(41)31-21-29(25-13-7-4-8-14-25)22-39(31)35(42)30(19-24-11-5-3-6-12-24)37-33(40)28-18-17-26-15-9-10-16-27(26)20-28/h4,7-10,13-18,20,23-24,29-32,43-44H,3,5-6,11-12,19,21-22H2,1-2H3,(H,37,40)(H,38,41)/t29-,30-,31+,32+/m1/s1. The summed E-state index contributed by atoms with van der Waals surface area (Å²) < 4.78 is 0. The van der Waals surface area contributed by atoms with Crippen LogP contribution in [0.3, 0.4) is 0 Å². The first kappa shape index (κ1) is 31.7. The molecule has 1 aliphatic carbocycles. The minimum atomic E-state index is -1.73. The van der Waals surface area contributed by atoms with Gasteiger partial charge in [0.05, 0.1) is 5.94 Å². The average molecular weight is 598 g/mol. The molecule has 3 aromatic carbocycles. The second kappa shape index (κ2) is 14.4. The number of carbonyl (C=O) groups is 3. The molecular formula is C35H44BN3O5. The molecule has 8 nitrogen and oxygen atoms in total. The number of carbonyl (C=O) groups excluding carboxylic acids is 3. The Morgan fingerprint density at radius 3 is 2.25 bits per heavy atom. The van der Waals surface area contributed by atoms with E-state index in [0.717, 1.165) is 42.0 Å². The smallest absolute Gasteiger partial charge is 0.426 e. The maximum absolute atomic E-state index is 14.5. The second-order valence-electron chi connectivity index (χ2n) is 12.9. The topological polar surface area (TPSA) is 119 Å². The molecule has 2 fully saturated rings. The Labute approximate surface area is 260 Å². The van der Waals surface area contributed by atoms with Crippen molar-refractivity contribution in [3.8, 4) is 0 Å². The SMILES string of the molecule is CC(C)[C@H](NC(=O)[C@@H]1C[C@@H](c2ccccc2)CN1C(=O)[C@@H](CC1CCCCC1)NC(=O)c1ccc2ccccc2c1)B(O)O. The third kappa shape index (κ3) is 7.50. The van der Waals surface area contributed by atoms with Gasteiger partial charge in [-0.2, -0.15) is 0 Å². The molecule has 0 radical (unpaired) electrons. The number of hydrogen-bond acceptors (Lipinski definition) is 5. The molecule has 232 valence electrons. The summed E-state index contributed by atoms with van der Waals surface area (Å²) in [4.78, 5) is 43.5. The van der Waals surface area contributed by atoms with Crippen LogP contribution in [-0.2, 0) is 9.59 Å². The summed E-state index contributed by atoms with van der Waals surface area (Å²) in [6.45, 7) is 3.94. The largest absolute Gasteiger partial charge is 0.475 e. The van der Waals surface area contributed by atoms with Gasteiger partial charge in [0.1, 0.15) is 12.1 Å². The van der Waals surface area contributed by atoms with Crippen molar-refractivity contribution >= 4 is 35.6 Å². The van der Waals surface area contributed by atoms with Crippen LogP contribution < -0.4 is 10.6 Å². The van der Waals surface area contributed by atoms with E-state index in [1.807, 2.05) is 66.7 Å². The first-order valence-electron chi connectivity index (χ1n) is 16.0. The number of benzene rings is 3. The summed E-state index contributed by atoms with van der Waals surface area (Å²) in [5.41, 5.74) is 1.52. The molecule has 0 spiro atoms. The zero-order valence-electron chi connectivity index (χ0n) is 25.7. The lowest BCUT2D eigenvalue weighted by atomic mass is 9.73. The molecule has 0 bridgehead atoms. The van der Waals surface area contributed by atoms with Crippen LogP contribution in [0, 0.1) is 11.8 Å². The molecule has 1 saturated carbocycles. The van der Waals surface area contributed by atoms with E-state index < -0.39 is 31.1 Å². The maximum atomic E-state index is 14.5. The summed E-state index contributed by atoms with van der Waals surface area (Å²) in [7, 11) is -1.73. The van der Waals surface area contributed by atoms with Crippen LogP contribution in [0.5, 0.6) is 0 Å². The molecule has 4 N–H and O–H groups in total. The van der Waals surface area contributed by atoms with E-state index >= 15 is 0 Å². The Balaban J connectivity index is 1.42. The molecule has 0 unspecified atom stereocenters. The predicted molar refractivity (Wildman–Crippen MR) is 173 cm³/mol. The minimum Gasteiger partial charge on any atom is -0.426 e. The maximum Gasteiger partial charge on any atom is 0.475 e. The van der Waals surface area contributed by atoms with E-state index in [9.17, 15) is 24.4 Å². The van der Waals surface area contributed by atoms with Crippen molar-refractivity contribution in [2.45, 2.75) is 82.7 Å². The van der Waals surface area contributed by atoms with Crippen molar-refractivity contribution in [2.75, 3.05) is 6.54 Å². The van der Waals surface area contributed by atoms with Gasteiger partial charge in [0.15, 0.2) is 0 Å². The van der Waals surface area contributed by atoms with Crippen LogP contribution in [0.4, 0.5) is 0 Å². The highest BCUT2D eigenvalue weighted by molar-refractivity contribution is 6.43. The predicted octanol–water partition coefficient (Wildman–Crippen LogP) is 4.45. The molecule has 1 saturated heterocycles. The Morgan fingerprint density at radius 1 is 0.886 bits per heavy atom. The fraction of sp³-hybridized carbons (Fsp3) is 0.457. The van der Waals surface area contributed by atoms with E-state index in [1.54, 1.807) is 24.8 Å². The van der Waals surface area contributed by atoms with Crippen LogP contribution in [-0.4, -0.2) is 64.4 Å². The molecule has 1 aliphatic heterocycles. The number of fused-ring (bicyclic) bond motifs is 1. The number of nitrogens with zero attached hydrogens (tertiary/aromatic N) is 1. The van der Waals surface area contributed by atoms with Gasteiger partial charge < -0.3 is 25.6 Å². The number of amides is 3. The van der Waals surface area contributed by atoms with Gasteiger partial charge in [0.2, 0.25) is 11.8 Å². The third-order valence-electron chi connectivity index (χ3n) is 9.42. The Bertz CT molecular complexity index is 1430. The van der Waals surface area contributed by atoms with E-state index in [0.29, 0.717) is 30.9 Å². The van der Waals surface area contributed by atoms with Crippen molar-refractivity contribution in [3.63, 3.8) is 0 Å². The first-order valence-corrected chi connectivity index (χ1v) is 16.0. The lowest BCUT2D eigenvalue weighted by Crippen LogP contribution is -2.57. The zero-order chi connectivity index (χ0) is 31.2. The molecule has 9 heteroatoms. The van der Waals surface area contributed by atoms with Gasteiger partial charge in [-0.05, 0) is 53.1 Å². The summed E-state index contributed by atoms with van der Waals surface area (Å²) >= 11 is 0. The molecule has 3 aromatic rings. The highest BCUT2D eigenvalue weighted by atomic mass is 16.4. The van der Waals surface area contributed by atoms with Gasteiger partial charge in [-0.1, -0.05) is 107 Å². The molecular weight excluding hydrogens is 553 g/mol. The Kier molecular flexibility index (Phi) is 10.4. The summed E-state index contributed by atoms with van der Waals surface area (Å²) in [5.74, 6) is -1.86. The molecule has 0 aromatic heterocycles. The van der Waals surface area contributed by atoms with Gasteiger partial charge in [-0.25, -0.2) is 0 Å². The quantitative estimate of drug-likeness (QED) is 0.258. The van der Waals surface area contributed by atoms with E-state index in [1.165, 1.54) is 6.42 Å². The van der Waals surface area contributed by atoms with Gasteiger partial charge >= 0.3 is 7.12 Å². The fourth-order valence-electron chi connectivity index (χ4n) is 6.89. The summed E-state index contributed by atoms with van der Waals surface area (Å²) in [5, 5.41) is 27.7. The molecule has 1 heterocycles. The van der Waals surface area contributed by atoms with E-state index in [2.05, 4.69) is 10.6 Å². The van der Waals surface area contributed by atoms with Gasteiger partial charge in [0, 0.05) is 18.0 Å². The number of hydrogen-bond donors (Lipinski definition) is 4. The number of rotatable bonds is 10. The van der Waals surface area contributed by atoms with Crippen LogP contribution in [0.2, 0.25) is 0 Å². The average Bonchev–Trinajstić information content (AvgIpc) is 3.49. The normalized spacial score (nSPS) is 20.3. The fourth-order valence-corrected chi connectivity index (χ4v) is 6.89. The van der Waals surface area contributed by atoms with Crippen LogP contribution in [0.15, 0.2) is 72.8 Å². The second-order valence-corrected chi connectivity index (χ2v) is 12.9. The highest BCUT2D eigenvalue weighted by Gasteiger charge is 2.44. The summed E-state index contributed by atoms with van der Waals surface area (Å²) in [6.07, 6.45) is 6.34. The summed E-state index contributed by atoms with van der Waals surface area (Å²) in [6, 6.07) is 21.6. The lowest BCUT2D eigenvalue weighted by molar-refractivity contribution is -0.140. The van der Waals surface area contributed by atoms with E-state index in [4.69, 9.17) is 0 Å². The van der Waals surface area contributed by atoms with Crippen molar-refractivity contribution in [1.82, 2.24) is 15.5 Å². The minimum absolute atomic E-state index is 0.0704. The molecule has 3 amide bonds. The van der Waals surface area contributed by atoms with E-state index in [-0.39, 0.29) is 23.7 Å². The number of likely N-dealkylation sites (tertiary alicyclic amines) is 1. The molecule has 4 atom stereocenters. The van der Waals surface area contributed by atoms with Gasteiger partial charge in [-0.15, -0.1) is 0 Å². The van der Waals surface area contributed by atoms with Crippen molar-refractivity contribution < 1.29 is 24.4 Å². The van der Waals surface area contributed by atoms with Crippen molar-refractivity contribution in [1.29, 1.82) is 0 Å².